The predicted molar refractivity (Wildman–Crippen MR) is 79.8 cm³/mol. The highest BCUT2D eigenvalue weighted by atomic mass is 15.2. The molecule has 3 heteroatoms. The van der Waals surface area contributed by atoms with Crippen molar-refractivity contribution in [3.8, 4) is 0 Å². The van der Waals surface area contributed by atoms with Crippen molar-refractivity contribution in [2.45, 2.75) is 65.1 Å². The highest BCUT2D eigenvalue weighted by molar-refractivity contribution is 4.93. The lowest BCUT2D eigenvalue weighted by atomic mass is 9.79. The number of piperidine rings is 1. The summed E-state index contributed by atoms with van der Waals surface area (Å²) in [5.41, 5.74) is 6.63. The predicted octanol–water partition coefficient (Wildman–Crippen LogP) is 2.16. The van der Waals surface area contributed by atoms with Crippen molar-refractivity contribution < 1.29 is 0 Å². The fraction of sp³-hybridized carbons (Fsp3) is 1.00. The van der Waals surface area contributed by atoms with E-state index in [2.05, 4.69) is 51.6 Å². The Morgan fingerprint density at radius 1 is 1.28 bits per heavy atom. The minimum atomic E-state index is 0.244. The first-order chi connectivity index (χ1) is 8.27. The van der Waals surface area contributed by atoms with Gasteiger partial charge in [-0.05, 0) is 51.9 Å². The van der Waals surface area contributed by atoms with E-state index in [1.807, 2.05) is 0 Å². The van der Waals surface area contributed by atoms with Gasteiger partial charge in [0.15, 0.2) is 0 Å². The molecule has 1 aliphatic heterocycles. The van der Waals surface area contributed by atoms with Gasteiger partial charge in [0.25, 0.3) is 0 Å². The maximum absolute atomic E-state index is 6.39. The molecular formula is C15H33N3. The fourth-order valence-electron chi connectivity index (χ4n) is 3.41. The van der Waals surface area contributed by atoms with E-state index in [4.69, 9.17) is 5.73 Å². The van der Waals surface area contributed by atoms with Gasteiger partial charge in [-0.2, -0.15) is 0 Å². The summed E-state index contributed by atoms with van der Waals surface area (Å²) in [4.78, 5) is 5.00. The Hall–Kier alpha value is -0.120. The monoisotopic (exact) mass is 255 g/mol. The minimum absolute atomic E-state index is 0.244. The molecule has 0 aromatic rings. The number of hydrogen-bond donors (Lipinski definition) is 1. The molecule has 1 heterocycles. The molecule has 0 aromatic carbocycles. The van der Waals surface area contributed by atoms with Crippen LogP contribution in [0.5, 0.6) is 0 Å². The first kappa shape index (κ1) is 15.9. The molecule has 0 radical (unpaired) electrons. The van der Waals surface area contributed by atoms with Crippen LogP contribution in [-0.2, 0) is 0 Å². The summed E-state index contributed by atoms with van der Waals surface area (Å²) >= 11 is 0. The number of rotatable bonds is 4. The zero-order chi connectivity index (χ0) is 13.9. The minimum Gasteiger partial charge on any atom is -0.326 e. The Bertz CT molecular complexity index is 239. The van der Waals surface area contributed by atoms with Crippen LogP contribution < -0.4 is 5.73 Å². The summed E-state index contributed by atoms with van der Waals surface area (Å²) in [7, 11) is 4.50. The molecule has 18 heavy (non-hydrogen) atoms. The third-order valence-corrected chi connectivity index (χ3v) is 4.47. The maximum atomic E-state index is 6.39. The van der Waals surface area contributed by atoms with Crippen molar-refractivity contribution in [2.24, 2.45) is 11.1 Å². The average molecular weight is 255 g/mol. The van der Waals surface area contributed by atoms with Crippen LogP contribution in [0, 0.1) is 5.41 Å². The largest absolute Gasteiger partial charge is 0.326 e. The molecule has 3 nitrogen and oxygen atoms in total. The van der Waals surface area contributed by atoms with Gasteiger partial charge in [-0.3, -0.25) is 4.90 Å². The van der Waals surface area contributed by atoms with Crippen molar-refractivity contribution in [1.29, 1.82) is 0 Å². The van der Waals surface area contributed by atoms with Crippen molar-refractivity contribution >= 4 is 0 Å². The van der Waals surface area contributed by atoms with E-state index in [-0.39, 0.29) is 11.5 Å². The Labute approximate surface area is 114 Å². The number of nitrogens with two attached hydrogens (primary N) is 1. The molecule has 1 aliphatic rings. The number of nitrogens with zero attached hydrogens (tertiary/aromatic N) is 2. The van der Waals surface area contributed by atoms with Crippen LogP contribution >= 0.6 is 0 Å². The van der Waals surface area contributed by atoms with Crippen LogP contribution in [0.3, 0.4) is 0 Å². The molecule has 0 bridgehead atoms. The van der Waals surface area contributed by atoms with Gasteiger partial charge in [-0.1, -0.05) is 27.7 Å². The van der Waals surface area contributed by atoms with E-state index >= 15 is 0 Å². The van der Waals surface area contributed by atoms with E-state index < -0.39 is 0 Å². The second-order valence-electron chi connectivity index (χ2n) is 7.08. The number of likely N-dealkylation sites (tertiary alicyclic amines) is 1. The van der Waals surface area contributed by atoms with Gasteiger partial charge in [0.05, 0.1) is 0 Å². The number of hydrogen-bond acceptors (Lipinski definition) is 3. The zero-order valence-electron chi connectivity index (χ0n) is 13.2. The molecule has 1 fully saturated rings. The molecule has 2 atom stereocenters. The van der Waals surface area contributed by atoms with Crippen LogP contribution in [-0.4, -0.2) is 55.1 Å². The molecule has 1 rings (SSSR count). The third-order valence-electron chi connectivity index (χ3n) is 4.47. The summed E-state index contributed by atoms with van der Waals surface area (Å²) in [5, 5.41) is 0. The van der Waals surface area contributed by atoms with Crippen molar-refractivity contribution in [3.05, 3.63) is 0 Å². The summed E-state index contributed by atoms with van der Waals surface area (Å²) in [5.74, 6) is 0. The van der Waals surface area contributed by atoms with Crippen LogP contribution in [0.15, 0.2) is 0 Å². The second-order valence-corrected chi connectivity index (χ2v) is 7.08. The molecule has 0 aliphatic carbocycles. The number of likely N-dealkylation sites (N-methyl/N-ethyl adjacent to an activating group) is 1. The van der Waals surface area contributed by atoms with E-state index in [0.29, 0.717) is 12.1 Å². The Balaban J connectivity index is 2.73. The van der Waals surface area contributed by atoms with Gasteiger partial charge in [-0.15, -0.1) is 0 Å². The topological polar surface area (TPSA) is 32.5 Å². The molecule has 2 N–H and O–H groups in total. The standard InChI is InChI=1S/C15H33N3/c1-7-13(16)14(15(2,3)4)18(6)12-8-10-17(5)11-9-12/h12-14H,7-11,16H2,1-6H3. The fourth-order valence-corrected chi connectivity index (χ4v) is 3.41. The summed E-state index contributed by atoms with van der Waals surface area (Å²) < 4.78 is 0. The van der Waals surface area contributed by atoms with Crippen LogP contribution in [0.2, 0.25) is 0 Å². The lowest BCUT2D eigenvalue weighted by Crippen LogP contribution is -2.57. The Morgan fingerprint density at radius 3 is 2.17 bits per heavy atom. The van der Waals surface area contributed by atoms with Gasteiger partial charge in [-0.25, -0.2) is 0 Å². The van der Waals surface area contributed by atoms with E-state index in [1.54, 1.807) is 0 Å². The van der Waals surface area contributed by atoms with Gasteiger partial charge in [0.1, 0.15) is 0 Å². The molecule has 0 aromatic heterocycles. The highest BCUT2D eigenvalue weighted by Gasteiger charge is 2.36. The molecule has 108 valence electrons. The van der Waals surface area contributed by atoms with Crippen molar-refractivity contribution in [3.63, 3.8) is 0 Å². The molecule has 2 unspecified atom stereocenters. The lowest BCUT2D eigenvalue weighted by molar-refractivity contribution is 0.0370. The average Bonchev–Trinajstić information content (AvgIpc) is 2.27. The maximum Gasteiger partial charge on any atom is 0.0295 e. The van der Waals surface area contributed by atoms with Gasteiger partial charge >= 0.3 is 0 Å². The van der Waals surface area contributed by atoms with Crippen molar-refractivity contribution in [1.82, 2.24) is 9.80 Å². The third kappa shape index (κ3) is 3.94. The van der Waals surface area contributed by atoms with Crippen LogP contribution in [0.4, 0.5) is 0 Å². The Kier molecular flexibility index (Phi) is 5.63. The molecule has 0 spiro atoms. The Morgan fingerprint density at radius 2 is 1.78 bits per heavy atom. The molecule has 0 saturated carbocycles. The quantitative estimate of drug-likeness (QED) is 0.835. The molecular weight excluding hydrogens is 222 g/mol. The molecule has 1 saturated heterocycles. The zero-order valence-corrected chi connectivity index (χ0v) is 13.2. The molecule has 0 amide bonds. The summed E-state index contributed by atoms with van der Waals surface area (Å²) in [6, 6.07) is 1.44. The van der Waals surface area contributed by atoms with E-state index in [9.17, 15) is 0 Å². The van der Waals surface area contributed by atoms with Crippen molar-refractivity contribution in [2.75, 3.05) is 27.2 Å². The summed E-state index contributed by atoms with van der Waals surface area (Å²) in [6.07, 6.45) is 3.60. The van der Waals surface area contributed by atoms with E-state index in [1.165, 1.54) is 25.9 Å². The van der Waals surface area contributed by atoms with Crippen LogP contribution in [0.1, 0.15) is 47.0 Å². The van der Waals surface area contributed by atoms with Crippen LogP contribution in [0.25, 0.3) is 0 Å². The smallest absolute Gasteiger partial charge is 0.0295 e. The van der Waals surface area contributed by atoms with E-state index in [0.717, 1.165) is 6.42 Å². The first-order valence-electron chi connectivity index (χ1n) is 7.43. The van der Waals surface area contributed by atoms with Gasteiger partial charge in [0.2, 0.25) is 0 Å². The second kappa shape index (κ2) is 6.36. The van der Waals surface area contributed by atoms with Gasteiger partial charge < -0.3 is 10.6 Å². The normalized spacial score (nSPS) is 23.3. The first-order valence-corrected chi connectivity index (χ1v) is 7.43. The lowest BCUT2D eigenvalue weighted by Gasteiger charge is -2.47. The highest BCUT2D eigenvalue weighted by Crippen LogP contribution is 2.30. The summed E-state index contributed by atoms with van der Waals surface area (Å²) in [6.45, 7) is 11.6. The van der Waals surface area contributed by atoms with Gasteiger partial charge in [0, 0.05) is 18.1 Å². The SMILES string of the molecule is CCC(N)C(N(C)C1CCN(C)CC1)C(C)(C)C.